The molecule has 1 amide bonds. The Kier molecular flexibility index (Phi) is 3.61. The predicted molar refractivity (Wildman–Crippen MR) is 73.8 cm³/mol. The molecule has 0 unspecified atom stereocenters. The van der Waals surface area contributed by atoms with E-state index >= 15 is 0 Å². The molecule has 18 heavy (non-hydrogen) atoms. The normalized spacial score (nSPS) is 15.2. The maximum Gasteiger partial charge on any atom is 0.414 e. The Morgan fingerprint density at radius 1 is 1.44 bits per heavy atom. The Bertz CT molecular complexity index is 469. The minimum absolute atomic E-state index is 0.302. The molecule has 5 heteroatoms. The summed E-state index contributed by atoms with van der Waals surface area (Å²) < 4.78 is 6.37. The highest BCUT2D eigenvalue weighted by molar-refractivity contribution is 9.10. The molecule has 0 N–H and O–H groups in total. The van der Waals surface area contributed by atoms with Gasteiger partial charge in [-0.15, -0.1) is 0 Å². The van der Waals surface area contributed by atoms with Gasteiger partial charge in [-0.1, -0.05) is 0 Å². The van der Waals surface area contributed by atoms with E-state index in [0.29, 0.717) is 6.54 Å². The van der Waals surface area contributed by atoms with Crippen LogP contribution in [-0.4, -0.2) is 23.2 Å². The van der Waals surface area contributed by atoms with E-state index in [1.165, 1.54) is 0 Å². The molecule has 2 rings (SSSR count). The monoisotopic (exact) mass is 312 g/mol. The zero-order chi connectivity index (χ0) is 13.3. The summed E-state index contributed by atoms with van der Waals surface area (Å²) in [6, 6.07) is 0. The summed E-state index contributed by atoms with van der Waals surface area (Å²) in [6.07, 6.45) is 5.08. The summed E-state index contributed by atoms with van der Waals surface area (Å²) in [7, 11) is 0. The van der Waals surface area contributed by atoms with Gasteiger partial charge >= 0.3 is 6.09 Å². The summed E-state index contributed by atoms with van der Waals surface area (Å²) in [5.41, 5.74) is 1.50. The van der Waals surface area contributed by atoms with Gasteiger partial charge in [-0.2, -0.15) is 0 Å². The lowest BCUT2D eigenvalue weighted by atomic mass is 10.0. The summed E-state index contributed by atoms with van der Waals surface area (Å²) in [5.74, 6) is 0. The topological polar surface area (TPSA) is 42.4 Å². The highest BCUT2D eigenvalue weighted by Crippen LogP contribution is 2.32. The van der Waals surface area contributed by atoms with E-state index in [1.807, 2.05) is 20.8 Å². The first-order chi connectivity index (χ1) is 8.38. The second kappa shape index (κ2) is 4.88. The third-order valence-electron chi connectivity index (χ3n) is 2.70. The van der Waals surface area contributed by atoms with Crippen molar-refractivity contribution in [3.63, 3.8) is 0 Å². The molecule has 0 atom stereocenters. The molecule has 0 bridgehead atoms. The van der Waals surface area contributed by atoms with Crippen molar-refractivity contribution in [3.8, 4) is 0 Å². The van der Waals surface area contributed by atoms with Gasteiger partial charge in [0, 0.05) is 17.2 Å². The van der Waals surface area contributed by atoms with Gasteiger partial charge in [-0.25, -0.2) is 4.79 Å². The van der Waals surface area contributed by atoms with Gasteiger partial charge in [0.25, 0.3) is 0 Å². The van der Waals surface area contributed by atoms with Crippen LogP contribution in [0.2, 0.25) is 0 Å². The van der Waals surface area contributed by atoms with Crippen molar-refractivity contribution in [2.45, 2.75) is 39.2 Å². The van der Waals surface area contributed by atoms with Gasteiger partial charge < -0.3 is 4.74 Å². The Morgan fingerprint density at radius 2 is 2.17 bits per heavy atom. The van der Waals surface area contributed by atoms with Crippen LogP contribution in [0, 0.1) is 0 Å². The summed E-state index contributed by atoms with van der Waals surface area (Å²) in [6.45, 7) is 6.29. The summed E-state index contributed by atoms with van der Waals surface area (Å²) >= 11 is 3.48. The number of carbonyl (C=O) groups excluding carboxylic acids is 1. The third kappa shape index (κ3) is 2.83. The molecule has 0 fully saturated rings. The van der Waals surface area contributed by atoms with Crippen molar-refractivity contribution < 1.29 is 9.53 Å². The lowest BCUT2D eigenvalue weighted by molar-refractivity contribution is 0.0577. The fourth-order valence-electron chi connectivity index (χ4n) is 1.97. The number of halogens is 1. The SMILES string of the molecule is CC(C)(C)OC(=O)N1CCCc2c(Br)cncc21. The lowest BCUT2D eigenvalue weighted by Crippen LogP contribution is -2.40. The number of ether oxygens (including phenoxy) is 1. The maximum atomic E-state index is 12.1. The lowest BCUT2D eigenvalue weighted by Gasteiger charge is -2.31. The summed E-state index contributed by atoms with van der Waals surface area (Å²) in [5, 5.41) is 0. The minimum Gasteiger partial charge on any atom is -0.443 e. The first kappa shape index (κ1) is 13.3. The average molecular weight is 313 g/mol. The molecule has 0 saturated heterocycles. The zero-order valence-electron chi connectivity index (χ0n) is 10.9. The largest absolute Gasteiger partial charge is 0.443 e. The van der Waals surface area contributed by atoms with Crippen LogP contribution >= 0.6 is 15.9 Å². The molecular formula is C13H17BrN2O2. The van der Waals surface area contributed by atoms with Crippen LogP contribution in [0.5, 0.6) is 0 Å². The number of fused-ring (bicyclic) bond motifs is 1. The number of carbonyl (C=O) groups is 1. The number of rotatable bonds is 0. The Balaban J connectivity index is 2.28. The van der Waals surface area contributed by atoms with E-state index in [0.717, 1.165) is 28.6 Å². The first-order valence-corrected chi connectivity index (χ1v) is 6.81. The molecule has 1 aliphatic heterocycles. The zero-order valence-corrected chi connectivity index (χ0v) is 12.5. The number of amides is 1. The molecule has 1 aromatic heterocycles. The van der Waals surface area contributed by atoms with E-state index < -0.39 is 5.60 Å². The van der Waals surface area contributed by atoms with Gasteiger partial charge in [-0.05, 0) is 55.1 Å². The van der Waals surface area contributed by atoms with Crippen LogP contribution in [0.4, 0.5) is 10.5 Å². The predicted octanol–water partition coefficient (Wildman–Crippen LogP) is 3.53. The third-order valence-corrected chi connectivity index (χ3v) is 3.38. The molecule has 98 valence electrons. The van der Waals surface area contributed by atoms with Crippen molar-refractivity contribution in [1.29, 1.82) is 0 Å². The average Bonchev–Trinajstić information content (AvgIpc) is 2.26. The van der Waals surface area contributed by atoms with Gasteiger partial charge in [0.1, 0.15) is 5.60 Å². The highest BCUT2D eigenvalue weighted by atomic mass is 79.9. The molecule has 0 aliphatic carbocycles. The fraction of sp³-hybridized carbons (Fsp3) is 0.538. The van der Waals surface area contributed by atoms with Gasteiger partial charge in [0.05, 0.1) is 11.9 Å². The van der Waals surface area contributed by atoms with E-state index in [2.05, 4.69) is 20.9 Å². The van der Waals surface area contributed by atoms with Crippen LogP contribution in [0.3, 0.4) is 0 Å². The second-order valence-corrected chi connectivity index (χ2v) is 6.21. The van der Waals surface area contributed by atoms with Crippen molar-refractivity contribution in [2.24, 2.45) is 0 Å². The molecule has 0 radical (unpaired) electrons. The highest BCUT2D eigenvalue weighted by Gasteiger charge is 2.28. The Morgan fingerprint density at radius 3 is 2.83 bits per heavy atom. The molecule has 2 heterocycles. The standard InChI is InChI=1S/C13H17BrN2O2/c1-13(2,3)18-12(17)16-6-4-5-9-10(14)7-15-8-11(9)16/h7-8H,4-6H2,1-3H3. The molecule has 0 aromatic carbocycles. The Labute approximate surface area is 115 Å². The first-order valence-electron chi connectivity index (χ1n) is 6.01. The molecule has 4 nitrogen and oxygen atoms in total. The summed E-state index contributed by atoms with van der Waals surface area (Å²) in [4.78, 5) is 17.9. The molecule has 0 spiro atoms. The van der Waals surface area contributed by atoms with Crippen LogP contribution in [0.1, 0.15) is 32.8 Å². The van der Waals surface area contributed by atoms with E-state index in [4.69, 9.17) is 4.74 Å². The van der Waals surface area contributed by atoms with Crippen LogP contribution in [-0.2, 0) is 11.2 Å². The number of nitrogens with zero attached hydrogens (tertiary/aromatic N) is 2. The Hall–Kier alpha value is -1.10. The smallest absolute Gasteiger partial charge is 0.414 e. The van der Waals surface area contributed by atoms with Crippen LogP contribution < -0.4 is 4.90 Å². The molecular weight excluding hydrogens is 296 g/mol. The number of hydrogen-bond donors (Lipinski definition) is 0. The van der Waals surface area contributed by atoms with Crippen molar-refractivity contribution in [1.82, 2.24) is 4.98 Å². The van der Waals surface area contributed by atoms with Crippen molar-refractivity contribution >= 4 is 27.7 Å². The van der Waals surface area contributed by atoms with Gasteiger partial charge in [-0.3, -0.25) is 9.88 Å². The molecule has 0 saturated carbocycles. The second-order valence-electron chi connectivity index (χ2n) is 5.35. The number of anilines is 1. The minimum atomic E-state index is -0.478. The van der Waals surface area contributed by atoms with E-state index in [1.54, 1.807) is 17.3 Å². The number of pyridine rings is 1. The van der Waals surface area contributed by atoms with Crippen LogP contribution in [0.25, 0.3) is 0 Å². The van der Waals surface area contributed by atoms with Crippen molar-refractivity contribution in [3.05, 3.63) is 22.4 Å². The van der Waals surface area contributed by atoms with Gasteiger partial charge in [0.15, 0.2) is 0 Å². The maximum absolute atomic E-state index is 12.1. The van der Waals surface area contributed by atoms with Crippen molar-refractivity contribution in [2.75, 3.05) is 11.4 Å². The van der Waals surface area contributed by atoms with E-state index in [9.17, 15) is 4.79 Å². The van der Waals surface area contributed by atoms with E-state index in [-0.39, 0.29) is 6.09 Å². The van der Waals surface area contributed by atoms with Gasteiger partial charge in [0.2, 0.25) is 0 Å². The fourth-order valence-corrected chi connectivity index (χ4v) is 2.49. The number of hydrogen-bond acceptors (Lipinski definition) is 3. The quantitative estimate of drug-likeness (QED) is 0.736. The molecule has 1 aliphatic rings. The van der Waals surface area contributed by atoms with Crippen LogP contribution in [0.15, 0.2) is 16.9 Å². The molecule has 1 aromatic rings. The number of aromatic nitrogens is 1.